The first-order valence-electron chi connectivity index (χ1n) is 10.6. The van der Waals surface area contributed by atoms with Gasteiger partial charge in [-0.1, -0.05) is 43.2 Å². The van der Waals surface area contributed by atoms with Crippen LogP contribution in [0.15, 0.2) is 47.6 Å². The lowest BCUT2D eigenvalue weighted by molar-refractivity contribution is -0.384. The third-order valence-corrected chi connectivity index (χ3v) is 6.75. The van der Waals surface area contributed by atoms with Gasteiger partial charge in [-0.2, -0.15) is 0 Å². The number of non-ortho nitro benzene ring substituents is 1. The van der Waals surface area contributed by atoms with E-state index in [0.29, 0.717) is 23.3 Å². The summed E-state index contributed by atoms with van der Waals surface area (Å²) in [5.74, 6) is 2.70. The van der Waals surface area contributed by atoms with Crippen molar-refractivity contribution in [1.29, 1.82) is 0 Å². The molecule has 1 fully saturated rings. The number of benzene rings is 2. The lowest BCUT2D eigenvalue weighted by Gasteiger charge is -2.25. The summed E-state index contributed by atoms with van der Waals surface area (Å²) in [6, 6.07) is 12.8. The van der Waals surface area contributed by atoms with Crippen LogP contribution in [0.2, 0.25) is 0 Å². The number of methoxy groups -OCH3 is 2. The summed E-state index contributed by atoms with van der Waals surface area (Å²) >= 11 is 1.56. The van der Waals surface area contributed by atoms with E-state index in [1.54, 1.807) is 38.1 Å². The zero-order valence-electron chi connectivity index (χ0n) is 18.2. The zero-order valence-corrected chi connectivity index (χ0v) is 19.0. The molecule has 0 saturated heterocycles. The van der Waals surface area contributed by atoms with Crippen LogP contribution in [0.3, 0.4) is 0 Å². The van der Waals surface area contributed by atoms with E-state index >= 15 is 0 Å². The minimum absolute atomic E-state index is 0.0999. The van der Waals surface area contributed by atoms with E-state index in [0.717, 1.165) is 34.9 Å². The van der Waals surface area contributed by atoms with Crippen molar-refractivity contribution in [2.75, 3.05) is 14.2 Å². The highest BCUT2D eigenvalue weighted by Gasteiger charge is 2.24. The molecule has 0 N–H and O–H groups in total. The number of nitro benzene ring substituents is 1. The van der Waals surface area contributed by atoms with Crippen LogP contribution in [0.1, 0.15) is 43.7 Å². The highest BCUT2D eigenvalue weighted by atomic mass is 32.2. The van der Waals surface area contributed by atoms with Crippen molar-refractivity contribution in [2.24, 2.45) is 0 Å². The van der Waals surface area contributed by atoms with Crippen LogP contribution >= 0.6 is 11.8 Å². The second-order valence-electron chi connectivity index (χ2n) is 7.75. The first-order chi connectivity index (χ1) is 15.6. The number of hydrogen-bond acceptors (Lipinski definition) is 7. The minimum atomic E-state index is -0.367. The molecule has 1 saturated carbocycles. The maximum absolute atomic E-state index is 11.1. The number of aromatic nitrogens is 3. The molecule has 168 valence electrons. The number of nitro groups is 1. The van der Waals surface area contributed by atoms with Crippen LogP contribution < -0.4 is 9.47 Å². The molecule has 4 rings (SSSR count). The molecule has 8 nitrogen and oxygen atoms in total. The normalized spacial score (nSPS) is 14.3. The largest absolute Gasteiger partial charge is 0.493 e. The molecule has 0 radical (unpaired) electrons. The standard InChI is InChI=1S/C23H26N4O4S/c1-30-20-12-11-17(14-21(20)31-2)22-24-25-23(26(22)18-8-4-3-5-9-18)32-15-16-7-6-10-19(13-16)27(28)29/h6-7,10-14,18H,3-5,8-9,15H2,1-2H3. The fraction of sp³-hybridized carbons (Fsp3) is 0.391. The van der Waals surface area contributed by atoms with Crippen LogP contribution in [0.4, 0.5) is 5.69 Å². The zero-order chi connectivity index (χ0) is 22.5. The number of rotatable bonds is 8. The smallest absolute Gasteiger partial charge is 0.269 e. The second-order valence-corrected chi connectivity index (χ2v) is 8.70. The second kappa shape index (κ2) is 10.0. The van der Waals surface area contributed by atoms with E-state index < -0.39 is 0 Å². The Morgan fingerprint density at radius 2 is 1.84 bits per heavy atom. The first kappa shape index (κ1) is 22.1. The molecule has 0 unspecified atom stereocenters. The lowest BCUT2D eigenvalue weighted by Crippen LogP contribution is -2.15. The van der Waals surface area contributed by atoms with Gasteiger partial charge in [0.05, 0.1) is 19.1 Å². The van der Waals surface area contributed by atoms with Gasteiger partial charge < -0.3 is 9.47 Å². The quantitative estimate of drug-likeness (QED) is 0.246. The summed E-state index contributed by atoms with van der Waals surface area (Å²) in [5.41, 5.74) is 1.90. The van der Waals surface area contributed by atoms with E-state index in [2.05, 4.69) is 14.8 Å². The van der Waals surface area contributed by atoms with Gasteiger partial charge in [0, 0.05) is 29.5 Å². The molecule has 0 bridgehead atoms. The van der Waals surface area contributed by atoms with Crippen molar-refractivity contribution in [3.8, 4) is 22.9 Å². The van der Waals surface area contributed by atoms with Gasteiger partial charge in [0.1, 0.15) is 0 Å². The fourth-order valence-electron chi connectivity index (χ4n) is 4.12. The monoisotopic (exact) mass is 454 g/mol. The molecular formula is C23H26N4O4S. The molecule has 0 atom stereocenters. The van der Waals surface area contributed by atoms with Gasteiger partial charge >= 0.3 is 0 Å². The molecule has 3 aromatic rings. The van der Waals surface area contributed by atoms with E-state index in [1.165, 1.54) is 25.3 Å². The Labute approximate surface area is 191 Å². The summed E-state index contributed by atoms with van der Waals surface area (Å²) in [4.78, 5) is 10.7. The van der Waals surface area contributed by atoms with Crippen molar-refractivity contribution in [3.05, 3.63) is 58.1 Å². The Balaban J connectivity index is 1.67. The summed E-state index contributed by atoms with van der Waals surface area (Å²) in [6.45, 7) is 0. The Kier molecular flexibility index (Phi) is 6.94. The SMILES string of the molecule is COc1ccc(-c2nnc(SCc3cccc([N+](=O)[O-])c3)n2C2CCCCC2)cc1OC. The maximum atomic E-state index is 11.1. The molecule has 0 spiro atoms. The summed E-state index contributed by atoms with van der Waals surface area (Å²) < 4.78 is 13.1. The maximum Gasteiger partial charge on any atom is 0.269 e. The van der Waals surface area contributed by atoms with Gasteiger partial charge in [-0.15, -0.1) is 10.2 Å². The molecule has 1 aliphatic rings. The average Bonchev–Trinajstić information content (AvgIpc) is 3.27. The number of hydrogen-bond donors (Lipinski definition) is 0. The molecule has 9 heteroatoms. The van der Waals surface area contributed by atoms with Gasteiger partial charge in [-0.3, -0.25) is 14.7 Å². The fourth-order valence-corrected chi connectivity index (χ4v) is 5.07. The number of ether oxygens (including phenoxy) is 2. The van der Waals surface area contributed by atoms with Gasteiger partial charge in [0.15, 0.2) is 22.5 Å². The minimum Gasteiger partial charge on any atom is -0.493 e. The number of nitrogens with zero attached hydrogens (tertiary/aromatic N) is 4. The Morgan fingerprint density at radius 3 is 2.56 bits per heavy atom. The third-order valence-electron chi connectivity index (χ3n) is 5.74. The van der Waals surface area contributed by atoms with Gasteiger partial charge in [0.25, 0.3) is 5.69 Å². The first-order valence-corrected chi connectivity index (χ1v) is 11.6. The average molecular weight is 455 g/mol. The number of thioether (sulfide) groups is 1. The summed E-state index contributed by atoms with van der Waals surface area (Å²) in [6.07, 6.45) is 5.79. The van der Waals surface area contributed by atoms with E-state index in [-0.39, 0.29) is 10.6 Å². The van der Waals surface area contributed by atoms with Gasteiger partial charge in [0.2, 0.25) is 0 Å². The molecule has 0 amide bonds. The predicted octanol–water partition coefficient (Wildman–Crippen LogP) is 5.67. The van der Waals surface area contributed by atoms with E-state index in [4.69, 9.17) is 9.47 Å². The van der Waals surface area contributed by atoms with Crippen molar-refractivity contribution < 1.29 is 14.4 Å². The van der Waals surface area contributed by atoms with Crippen LogP contribution in [-0.4, -0.2) is 33.9 Å². The van der Waals surface area contributed by atoms with Crippen LogP contribution in [0.25, 0.3) is 11.4 Å². The lowest BCUT2D eigenvalue weighted by atomic mass is 9.95. The van der Waals surface area contributed by atoms with Crippen LogP contribution in [-0.2, 0) is 5.75 Å². The summed E-state index contributed by atoms with van der Waals surface area (Å²) in [5, 5.41) is 21.0. The Morgan fingerprint density at radius 1 is 1.06 bits per heavy atom. The predicted molar refractivity (Wildman–Crippen MR) is 123 cm³/mol. The van der Waals surface area contributed by atoms with Crippen molar-refractivity contribution in [1.82, 2.24) is 14.8 Å². The summed E-state index contributed by atoms with van der Waals surface area (Å²) in [7, 11) is 3.23. The molecule has 1 heterocycles. The van der Waals surface area contributed by atoms with E-state index in [9.17, 15) is 10.1 Å². The molecular weight excluding hydrogens is 428 g/mol. The third kappa shape index (κ3) is 4.72. The van der Waals surface area contributed by atoms with E-state index in [1.807, 2.05) is 24.3 Å². The van der Waals surface area contributed by atoms with Gasteiger partial charge in [-0.05, 0) is 36.6 Å². The van der Waals surface area contributed by atoms with Crippen molar-refractivity contribution in [2.45, 2.75) is 49.1 Å². The van der Waals surface area contributed by atoms with Crippen molar-refractivity contribution in [3.63, 3.8) is 0 Å². The van der Waals surface area contributed by atoms with Crippen LogP contribution in [0, 0.1) is 10.1 Å². The highest BCUT2D eigenvalue weighted by molar-refractivity contribution is 7.98. The van der Waals surface area contributed by atoms with Crippen molar-refractivity contribution >= 4 is 17.4 Å². The molecule has 2 aromatic carbocycles. The molecule has 32 heavy (non-hydrogen) atoms. The Bertz CT molecular complexity index is 1100. The molecule has 1 aromatic heterocycles. The molecule has 0 aliphatic heterocycles. The molecule has 1 aliphatic carbocycles. The Hall–Kier alpha value is -3.07. The topological polar surface area (TPSA) is 92.3 Å². The van der Waals surface area contributed by atoms with Crippen LogP contribution in [0.5, 0.6) is 11.5 Å². The van der Waals surface area contributed by atoms with Gasteiger partial charge in [-0.25, -0.2) is 0 Å². The highest BCUT2D eigenvalue weighted by Crippen LogP contribution is 2.38.